The molecule has 130 valence electrons. The van der Waals surface area contributed by atoms with Gasteiger partial charge in [0.2, 0.25) is 5.91 Å². The van der Waals surface area contributed by atoms with E-state index in [9.17, 15) is 4.79 Å². The summed E-state index contributed by atoms with van der Waals surface area (Å²) in [6.07, 6.45) is 1.73. The molecule has 2 heterocycles. The first-order valence-corrected chi connectivity index (χ1v) is 9.35. The number of hydrogen-bond donors (Lipinski definition) is 0. The number of hydrogen-bond acceptors (Lipinski definition) is 2. The minimum absolute atomic E-state index is 0.151. The van der Waals surface area contributed by atoms with Crippen molar-refractivity contribution in [1.82, 2.24) is 9.80 Å². The smallest absolute Gasteiger partial charge is 0.223 e. The molecular formula is C22H26N2O. The Labute approximate surface area is 150 Å². The van der Waals surface area contributed by atoms with Crippen molar-refractivity contribution in [2.75, 3.05) is 13.1 Å². The fraction of sp³-hybridized carbons (Fsp3) is 0.409. The molecule has 4 rings (SSSR count). The van der Waals surface area contributed by atoms with Crippen LogP contribution in [0.15, 0.2) is 60.7 Å². The van der Waals surface area contributed by atoms with Gasteiger partial charge in [-0.05, 0) is 30.4 Å². The summed E-state index contributed by atoms with van der Waals surface area (Å²) in [5.74, 6) is 0.923. The number of nitrogens with zero attached hydrogens (tertiary/aromatic N) is 2. The number of fused-ring (bicyclic) bond motifs is 1. The normalized spacial score (nSPS) is 25.0. The molecule has 0 radical (unpaired) electrons. The van der Waals surface area contributed by atoms with Crippen LogP contribution in [0.3, 0.4) is 0 Å². The zero-order valence-electron chi connectivity index (χ0n) is 14.8. The number of amides is 1. The molecule has 2 aliphatic rings. The summed E-state index contributed by atoms with van der Waals surface area (Å²) in [4.78, 5) is 17.4. The lowest BCUT2D eigenvalue weighted by Gasteiger charge is -2.41. The molecule has 2 aliphatic heterocycles. The van der Waals surface area contributed by atoms with Crippen LogP contribution in [-0.2, 0) is 11.3 Å². The molecule has 0 saturated carbocycles. The molecule has 0 bridgehead atoms. The van der Waals surface area contributed by atoms with Gasteiger partial charge in [0, 0.05) is 32.1 Å². The number of carbonyl (C=O) groups excluding carboxylic acids is 1. The molecule has 0 unspecified atom stereocenters. The summed E-state index contributed by atoms with van der Waals surface area (Å²) >= 11 is 0. The van der Waals surface area contributed by atoms with Gasteiger partial charge in [-0.2, -0.15) is 0 Å². The number of benzene rings is 2. The van der Waals surface area contributed by atoms with Crippen molar-refractivity contribution in [3.05, 3.63) is 71.8 Å². The summed E-state index contributed by atoms with van der Waals surface area (Å²) < 4.78 is 0. The van der Waals surface area contributed by atoms with Crippen LogP contribution < -0.4 is 0 Å². The van der Waals surface area contributed by atoms with Crippen molar-refractivity contribution in [3.8, 4) is 0 Å². The molecular weight excluding hydrogens is 308 g/mol. The van der Waals surface area contributed by atoms with E-state index in [1.807, 2.05) is 6.07 Å². The average molecular weight is 334 g/mol. The van der Waals surface area contributed by atoms with Crippen molar-refractivity contribution in [2.45, 2.75) is 38.4 Å². The highest BCUT2D eigenvalue weighted by Crippen LogP contribution is 2.37. The Balaban J connectivity index is 1.52. The molecule has 2 aromatic carbocycles. The van der Waals surface area contributed by atoms with E-state index in [4.69, 9.17) is 0 Å². The largest absolute Gasteiger partial charge is 0.331 e. The predicted octanol–water partition coefficient (Wildman–Crippen LogP) is 3.87. The van der Waals surface area contributed by atoms with Crippen molar-refractivity contribution in [2.24, 2.45) is 5.92 Å². The molecule has 0 spiro atoms. The zero-order chi connectivity index (χ0) is 17.2. The first kappa shape index (κ1) is 16.3. The Kier molecular flexibility index (Phi) is 4.58. The number of likely N-dealkylation sites (tertiary alicyclic amines) is 2. The van der Waals surface area contributed by atoms with Gasteiger partial charge in [0.05, 0.1) is 6.04 Å². The minimum Gasteiger partial charge on any atom is -0.331 e. The molecule has 0 aliphatic carbocycles. The van der Waals surface area contributed by atoms with E-state index in [1.54, 1.807) is 0 Å². The lowest BCUT2D eigenvalue weighted by atomic mass is 9.89. The highest BCUT2D eigenvalue weighted by Gasteiger charge is 2.43. The Hall–Kier alpha value is -2.13. The van der Waals surface area contributed by atoms with E-state index >= 15 is 0 Å². The summed E-state index contributed by atoms with van der Waals surface area (Å²) in [7, 11) is 0. The molecule has 2 aromatic rings. The molecule has 0 aromatic heterocycles. The SMILES string of the molecule is C[C@H](c1ccccc1)N1C(=O)CC[C@H]2CN(Cc3ccccc3)C[C@H]21. The van der Waals surface area contributed by atoms with Gasteiger partial charge in [-0.15, -0.1) is 0 Å². The third kappa shape index (κ3) is 3.34. The monoisotopic (exact) mass is 334 g/mol. The molecule has 0 N–H and O–H groups in total. The standard InChI is InChI=1S/C22H26N2O/c1-17(19-10-6-3-7-11-19)24-21-16-23(14-18-8-4-2-5-9-18)15-20(21)12-13-22(24)25/h2-11,17,20-21H,12-16H2,1H3/t17-,20+,21-/m1/s1. The van der Waals surface area contributed by atoms with Crippen molar-refractivity contribution in [1.29, 1.82) is 0 Å². The van der Waals surface area contributed by atoms with Crippen LogP contribution in [0, 0.1) is 5.92 Å². The first-order chi connectivity index (χ1) is 12.2. The fourth-order valence-electron chi connectivity index (χ4n) is 4.53. The van der Waals surface area contributed by atoms with Crippen LogP contribution in [0.5, 0.6) is 0 Å². The first-order valence-electron chi connectivity index (χ1n) is 9.35. The molecule has 3 nitrogen and oxygen atoms in total. The lowest BCUT2D eigenvalue weighted by Crippen LogP contribution is -2.49. The quantitative estimate of drug-likeness (QED) is 0.847. The van der Waals surface area contributed by atoms with Gasteiger partial charge >= 0.3 is 0 Å². The second-order valence-corrected chi connectivity index (χ2v) is 7.43. The molecule has 2 fully saturated rings. The summed E-state index contributed by atoms with van der Waals surface area (Å²) in [6.45, 7) is 5.25. The van der Waals surface area contributed by atoms with Crippen LogP contribution in [0.2, 0.25) is 0 Å². The Morgan fingerprint density at radius 3 is 2.40 bits per heavy atom. The molecule has 3 heteroatoms. The average Bonchev–Trinajstić information content (AvgIpc) is 3.05. The maximum absolute atomic E-state index is 12.7. The summed E-state index contributed by atoms with van der Waals surface area (Å²) in [5.41, 5.74) is 2.59. The lowest BCUT2D eigenvalue weighted by molar-refractivity contribution is -0.140. The summed E-state index contributed by atoms with van der Waals surface area (Å²) in [6, 6.07) is 21.6. The van der Waals surface area contributed by atoms with Gasteiger partial charge in [-0.1, -0.05) is 60.7 Å². The minimum atomic E-state index is 0.151. The van der Waals surface area contributed by atoms with Crippen molar-refractivity contribution < 1.29 is 4.79 Å². The zero-order valence-corrected chi connectivity index (χ0v) is 14.8. The maximum Gasteiger partial charge on any atom is 0.223 e. The van der Waals surface area contributed by atoms with Crippen molar-refractivity contribution >= 4 is 5.91 Å². The Morgan fingerprint density at radius 2 is 1.68 bits per heavy atom. The highest BCUT2D eigenvalue weighted by atomic mass is 16.2. The highest BCUT2D eigenvalue weighted by molar-refractivity contribution is 5.78. The third-order valence-corrected chi connectivity index (χ3v) is 5.80. The third-order valence-electron chi connectivity index (χ3n) is 5.80. The van der Waals surface area contributed by atoms with Gasteiger partial charge in [0.15, 0.2) is 0 Å². The second-order valence-electron chi connectivity index (χ2n) is 7.43. The van der Waals surface area contributed by atoms with Gasteiger partial charge in [-0.3, -0.25) is 9.69 Å². The number of rotatable bonds is 4. The Bertz CT molecular complexity index is 715. The second kappa shape index (κ2) is 7.01. The van der Waals surface area contributed by atoms with Gasteiger partial charge < -0.3 is 4.90 Å². The maximum atomic E-state index is 12.7. The number of piperidine rings is 1. The molecule has 3 atom stereocenters. The number of carbonyl (C=O) groups is 1. The molecule has 2 saturated heterocycles. The van der Waals surface area contributed by atoms with E-state index in [2.05, 4.69) is 71.3 Å². The van der Waals surface area contributed by atoms with Crippen LogP contribution in [0.25, 0.3) is 0 Å². The van der Waals surface area contributed by atoms with Crippen LogP contribution in [0.4, 0.5) is 0 Å². The predicted molar refractivity (Wildman–Crippen MR) is 99.9 cm³/mol. The molecule has 25 heavy (non-hydrogen) atoms. The molecule has 1 amide bonds. The van der Waals surface area contributed by atoms with E-state index in [0.717, 1.165) is 26.1 Å². The van der Waals surface area contributed by atoms with Crippen LogP contribution in [-0.4, -0.2) is 34.8 Å². The van der Waals surface area contributed by atoms with E-state index in [0.29, 0.717) is 24.3 Å². The van der Waals surface area contributed by atoms with E-state index < -0.39 is 0 Å². The van der Waals surface area contributed by atoms with Crippen LogP contribution in [0.1, 0.15) is 36.9 Å². The van der Waals surface area contributed by atoms with Gasteiger partial charge in [0.25, 0.3) is 0 Å². The Morgan fingerprint density at radius 1 is 1.00 bits per heavy atom. The van der Waals surface area contributed by atoms with Gasteiger partial charge in [0.1, 0.15) is 0 Å². The fourth-order valence-corrected chi connectivity index (χ4v) is 4.53. The van der Waals surface area contributed by atoms with Gasteiger partial charge in [-0.25, -0.2) is 0 Å². The van der Waals surface area contributed by atoms with E-state index in [-0.39, 0.29) is 6.04 Å². The van der Waals surface area contributed by atoms with Crippen molar-refractivity contribution in [3.63, 3.8) is 0 Å². The van der Waals surface area contributed by atoms with Crippen LogP contribution >= 0.6 is 0 Å². The van der Waals surface area contributed by atoms with E-state index in [1.165, 1.54) is 11.1 Å². The topological polar surface area (TPSA) is 23.6 Å². The summed E-state index contributed by atoms with van der Waals surface area (Å²) in [5, 5.41) is 0.